The minimum Gasteiger partial charge on any atom is -0.471 e. The second-order valence-corrected chi connectivity index (χ2v) is 13.5. The number of rotatable bonds is 5. The number of fused-ring (bicyclic) bond motifs is 3. The van der Waals surface area contributed by atoms with E-state index < -0.39 is 59.0 Å². The van der Waals surface area contributed by atoms with E-state index in [9.17, 15) is 23.6 Å². The second kappa shape index (κ2) is 13.8. The Morgan fingerprint density at radius 2 is 1.94 bits per heavy atom. The van der Waals surface area contributed by atoms with Gasteiger partial charge in [0.2, 0.25) is 17.7 Å². The predicted octanol–water partition coefficient (Wildman–Crippen LogP) is 4.28. The molecule has 3 heterocycles. The number of carbonyl (C=O) groups excluding carboxylic acids is 4. The van der Waals surface area contributed by atoms with Gasteiger partial charge in [-0.25, -0.2) is 23.9 Å². The van der Waals surface area contributed by atoms with Crippen LogP contribution >= 0.6 is 0 Å². The third-order valence-electron chi connectivity index (χ3n) is 8.61. The van der Waals surface area contributed by atoms with E-state index in [-0.39, 0.29) is 31.4 Å². The van der Waals surface area contributed by atoms with E-state index in [1.165, 1.54) is 23.1 Å². The molecule has 47 heavy (non-hydrogen) atoms. The zero-order valence-electron chi connectivity index (χ0n) is 27.6. The number of amides is 3. The van der Waals surface area contributed by atoms with Crippen molar-refractivity contribution >= 4 is 34.9 Å². The first-order valence-corrected chi connectivity index (χ1v) is 16.4. The summed E-state index contributed by atoms with van der Waals surface area (Å²) >= 11 is 0. The molecule has 13 heteroatoms. The topological polar surface area (TPSA) is 149 Å². The number of carbonyl (C=O) groups is 4. The minimum atomic E-state index is -1.23. The van der Waals surface area contributed by atoms with Crippen LogP contribution in [-0.2, 0) is 23.9 Å². The highest BCUT2D eigenvalue weighted by atomic mass is 19.1. The van der Waals surface area contributed by atoms with Gasteiger partial charge in [0.05, 0.1) is 24.2 Å². The second-order valence-electron chi connectivity index (χ2n) is 13.5. The number of halogens is 1. The molecule has 5 atom stereocenters. The number of hydrogen-bond acceptors (Lipinski definition) is 9. The molecule has 0 unspecified atom stereocenters. The van der Waals surface area contributed by atoms with E-state index in [1.807, 2.05) is 12.2 Å². The summed E-state index contributed by atoms with van der Waals surface area (Å²) in [6.07, 6.45) is 6.46. The molecule has 0 radical (unpaired) electrons. The Bertz CT molecular complexity index is 1560. The molecule has 2 fully saturated rings. The molecule has 2 N–H and O–H groups in total. The van der Waals surface area contributed by atoms with Gasteiger partial charge >= 0.3 is 12.1 Å². The van der Waals surface area contributed by atoms with Crippen molar-refractivity contribution in [2.45, 2.75) is 109 Å². The van der Waals surface area contributed by atoms with Crippen molar-refractivity contribution in [1.29, 1.82) is 0 Å². The average molecular weight is 654 g/mol. The maximum atomic E-state index is 14.2. The van der Waals surface area contributed by atoms with Crippen LogP contribution in [0, 0.1) is 18.7 Å². The van der Waals surface area contributed by atoms with Crippen molar-refractivity contribution in [2.75, 3.05) is 13.2 Å². The van der Waals surface area contributed by atoms with Crippen LogP contribution in [-0.4, -0.2) is 81.2 Å². The number of alkyl carbamates (subject to hydrolysis) is 1. The van der Waals surface area contributed by atoms with Gasteiger partial charge in [-0.1, -0.05) is 25.0 Å². The van der Waals surface area contributed by atoms with Crippen LogP contribution < -0.4 is 15.4 Å². The summed E-state index contributed by atoms with van der Waals surface area (Å²) in [5, 5.41) is 5.66. The summed E-state index contributed by atoms with van der Waals surface area (Å²) in [7, 11) is 0. The summed E-state index contributed by atoms with van der Waals surface area (Å²) in [4.78, 5) is 64.6. The van der Waals surface area contributed by atoms with Gasteiger partial charge in [0.15, 0.2) is 0 Å². The lowest BCUT2D eigenvalue weighted by Crippen LogP contribution is -2.56. The Balaban J connectivity index is 1.45. The number of nitrogens with zero attached hydrogens (tertiary/aromatic N) is 3. The molecule has 1 saturated heterocycles. The molecule has 0 bridgehead atoms. The lowest BCUT2D eigenvalue weighted by atomic mass is 10.0. The van der Waals surface area contributed by atoms with Crippen LogP contribution in [0.2, 0.25) is 0 Å². The standard InChI is InChI=1S/C34H44FN5O7/c1-6-45-31(43)34-18-21(34)12-10-8-7-9-11-13-25(38-32(44)47-33(3,4)5)30(42)40-19-23(17-27(40)28(41)39-34)46-29-20(2)36-24-15-14-22(35)16-26(24)37-29/h10,12,14-16,21,23,25,27H,6-9,11,13,17-19H2,1-5H3,(H,38,44)(H,39,41)/t21-,23-,25+,27+,34-/m1/s1. The normalized spacial score (nSPS) is 26.7. The largest absolute Gasteiger partial charge is 0.471 e. The van der Waals surface area contributed by atoms with Gasteiger partial charge in [0, 0.05) is 18.4 Å². The molecule has 3 aliphatic rings. The molecule has 1 aliphatic carbocycles. The molecule has 254 valence electrons. The average Bonchev–Trinajstić information content (AvgIpc) is 3.52. The summed E-state index contributed by atoms with van der Waals surface area (Å²) < 4.78 is 31.0. The van der Waals surface area contributed by atoms with Crippen molar-refractivity contribution in [3.05, 3.63) is 41.9 Å². The van der Waals surface area contributed by atoms with E-state index in [0.717, 1.165) is 19.3 Å². The number of nitrogens with one attached hydrogen (secondary N) is 2. The zero-order valence-corrected chi connectivity index (χ0v) is 27.6. The van der Waals surface area contributed by atoms with Crippen molar-refractivity contribution in [1.82, 2.24) is 25.5 Å². The van der Waals surface area contributed by atoms with Crippen molar-refractivity contribution in [3.63, 3.8) is 0 Å². The molecule has 1 aromatic heterocycles. The highest BCUT2D eigenvalue weighted by Crippen LogP contribution is 2.46. The fraction of sp³-hybridized carbons (Fsp3) is 0.588. The Hall–Kier alpha value is -4.29. The summed E-state index contributed by atoms with van der Waals surface area (Å²) in [5.41, 5.74) is -0.743. The Morgan fingerprint density at radius 1 is 1.15 bits per heavy atom. The number of hydrogen-bond donors (Lipinski definition) is 2. The monoisotopic (exact) mass is 653 g/mol. The molecule has 1 saturated carbocycles. The first-order valence-electron chi connectivity index (χ1n) is 16.4. The van der Waals surface area contributed by atoms with Crippen LogP contribution in [0.1, 0.15) is 78.3 Å². The van der Waals surface area contributed by atoms with Gasteiger partial charge in [0.25, 0.3) is 0 Å². The third kappa shape index (κ3) is 7.99. The van der Waals surface area contributed by atoms with E-state index in [0.29, 0.717) is 36.0 Å². The molecule has 1 aromatic carbocycles. The highest BCUT2D eigenvalue weighted by molar-refractivity contribution is 5.96. The molecular weight excluding hydrogens is 609 g/mol. The third-order valence-corrected chi connectivity index (χ3v) is 8.61. The van der Waals surface area contributed by atoms with Gasteiger partial charge < -0.3 is 29.7 Å². The summed E-state index contributed by atoms with van der Waals surface area (Å²) in [6.45, 7) is 8.78. The molecular formula is C34H44FN5O7. The molecule has 2 aromatic rings. The van der Waals surface area contributed by atoms with Crippen molar-refractivity contribution in [2.24, 2.45) is 5.92 Å². The summed E-state index contributed by atoms with van der Waals surface area (Å²) in [5.74, 6) is -2.05. The quantitative estimate of drug-likeness (QED) is 0.356. The first-order chi connectivity index (χ1) is 22.3. The smallest absolute Gasteiger partial charge is 0.408 e. The number of allylic oxidation sites excluding steroid dienone is 1. The van der Waals surface area contributed by atoms with Crippen LogP contribution in [0.15, 0.2) is 30.4 Å². The van der Waals surface area contributed by atoms with Gasteiger partial charge in [-0.2, -0.15) is 0 Å². The fourth-order valence-corrected chi connectivity index (χ4v) is 6.21. The number of esters is 1. The maximum Gasteiger partial charge on any atom is 0.408 e. The predicted molar refractivity (Wildman–Crippen MR) is 170 cm³/mol. The summed E-state index contributed by atoms with van der Waals surface area (Å²) in [6, 6.07) is 2.10. The fourth-order valence-electron chi connectivity index (χ4n) is 6.21. The number of ether oxygens (including phenoxy) is 3. The zero-order chi connectivity index (χ0) is 33.9. The number of aromatic nitrogens is 2. The Morgan fingerprint density at radius 3 is 2.68 bits per heavy atom. The SMILES string of the molecule is CCOC(=O)[C@@]12C[C@H]1C=CCCCCC[C@H](NC(=O)OC(C)(C)C)C(=O)N1C[C@H](Oc3nc4cc(F)ccc4nc3C)C[C@H]1C(=O)N2. The Kier molecular flexibility index (Phi) is 10.0. The lowest BCUT2D eigenvalue weighted by Gasteiger charge is -2.30. The molecule has 0 spiro atoms. The maximum absolute atomic E-state index is 14.2. The van der Waals surface area contributed by atoms with Crippen LogP contribution in [0.4, 0.5) is 9.18 Å². The van der Waals surface area contributed by atoms with E-state index in [2.05, 4.69) is 20.6 Å². The Labute approximate surface area is 273 Å². The van der Waals surface area contributed by atoms with Crippen LogP contribution in [0.5, 0.6) is 5.88 Å². The van der Waals surface area contributed by atoms with Crippen molar-refractivity contribution in [3.8, 4) is 5.88 Å². The van der Waals surface area contributed by atoms with E-state index in [1.54, 1.807) is 34.6 Å². The number of aryl methyl sites for hydroxylation is 1. The van der Waals surface area contributed by atoms with Gasteiger partial charge in [-0.3, -0.25) is 9.59 Å². The van der Waals surface area contributed by atoms with Gasteiger partial charge in [0.1, 0.15) is 40.8 Å². The molecule has 2 aliphatic heterocycles. The highest BCUT2D eigenvalue weighted by Gasteiger charge is 2.62. The lowest BCUT2D eigenvalue weighted by molar-refractivity contribution is -0.150. The minimum absolute atomic E-state index is 0.00145. The van der Waals surface area contributed by atoms with Crippen molar-refractivity contribution < 1.29 is 37.8 Å². The van der Waals surface area contributed by atoms with Gasteiger partial charge in [-0.15, -0.1) is 0 Å². The van der Waals surface area contributed by atoms with E-state index in [4.69, 9.17) is 14.2 Å². The van der Waals surface area contributed by atoms with E-state index >= 15 is 0 Å². The first kappa shape index (κ1) is 34.1. The van der Waals surface area contributed by atoms with Gasteiger partial charge in [-0.05, 0) is 72.4 Å². The number of benzene rings is 1. The molecule has 3 amide bonds. The van der Waals surface area contributed by atoms with Crippen LogP contribution in [0.25, 0.3) is 11.0 Å². The van der Waals surface area contributed by atoms with Crippen LogP contribution in [0.3, 0.4) is 0 Å². The molecule has 12 nitrogen and oxygen atoms in total. The molecule has 5 rings (SSSR count).